The van der Waals surface area contributed by atoms with Crippen molar-refractivity contribution in [1.82, 2.24) is 0 Å². The van der Waals surface area contributed by atoms with Gasteiger partial charge in [0.25, 0.3) is 0 Å². The lowest BCUT2D eigenvalue weighted by molar-refractivity contribution is -0.118. The van der Waals surface area contributed by atoms with Crippen molar-refractivity contribution >= 4 is 28.9 Å². The predicted octanol–water partition coefficient (Wildman–Crippen LogP) is 5.84. The summed E-state index contributed by atoms with van der Waals surface area (Å²) < 4.78 is 0. The van der Waals surface area contributed by atoms with Gasteiger partial charge < -0.3 is 4.90 Å². The molecule has 1 aromatic carbocycles. The maximum absolute atomic E-state index is 12.9. The summed E-state index contributed by atoms with van der Waals surface area (Å²) in [6.07, 6.45) is 3.26. The van der Waals surface area contributed by atoms with E-state index in [1.54, 1.807) is 0 Å². The highest BCUT2D eigenvalue weighted by Crippen LogP contribution is 2.50. The number of anilines is 1. The Hall–Kier alpha value is -1.87. The zero-order valence-electron chi connectivity index (χ0n) is 16.5. The van der Waals surface area contributed by atoms with Gasteiger partial charge in [0.15, 0.2) is 11.6 Å². The van der Waals surface area contributed by atoms with Crippen LogP contribution in [0.5, 0.6) is 0 Å². The summed E-state index contributed by atoms with van der Waals surface area (Å²) in [6.45, 7) is 8.59. The van der Waals surface area contributed by atoms with E-state index in [-0.39, 0.29) is 22.4 Å². The third-order valence-corrected chi connectivity index (χ3v) is 6.17. The van der Waals surface area contributed by atoms with Gasteiger partial charge in [-0.2, -0.15) is 0 Å². The first-order chi connectivity index (χ1) is 12.6. The number of hydrogen-bond donors (Lipinski definition) is 0. The Bertz CT molecular complexity index is 851. The van der Waals surface area contributed by atoms with Gasteiger partial charge in [0, 0.05) is 52.5 Å². The van der Waals surface area contributed by atoms with Crippen molar-refractivity contribution in [3.05, 3.63) is 51.8 Å². The molecule has 27 heavy (non-hydrogen) atoms. The second kappa shape index (κ2) is 6.07. The molecule has 1 aromatic rings. The number of hydrogen-bond acceptors (Lipinski definition) is 3. The lowest BCUT2D eigenvalue weighted by Crippen LogP contribution is -2.41. The first-order valence-corrected chi connectivity index (χ1v) is 10.0. The Kier molecular flexibility index (Phi) is 4.15. The van der Waals surface area contributed by atoms with Gasteiger partial charge in [0.2, 0.25) is 0 Å². The molecule has 0 amide bonds. The van der Waals surface area contributed by atoms with E-state index in [9.17, 15) is 9.59 Å². The number of ketones is 2. The van der Waals surface area contributed by atoms with E-state index in [0.717, 1.165) is 41.1 Å². The average molecular weight is 384 g/mol. The molecular weight excluding hydrogens is 358 g/mol. The molecule has 0 radical (unpaired) electrons. The van der Waals surface area contributed by atoms with E-state index in [1.165, 1.54) is 0 Å². The highest BCUT2D eigenvalue weighted by atomic mass is 35.5. The number of halogens is 1. The van der Waals surface area contributed by atoms with Crippen molar-refractivity contribution in [2.75, 3.05) is 4.90 Å². The molecule has 0 atom stereocenters. The van der Waals surface area contributed by atoms with Gasteiger partial charge in [-0.25, -0.2) is 0 Å². The molecule has 0 N–H and O–H groups in total. The number of Topliss-reactive ketones (excluding diaryl/α,β-unsaturated/α-hetero) is 2. The van der Waals surface area contributed by atoms with Crippen LogP contribution in [0.15, 0.2) is 46.8 Å². The molecule has 2 aliphatic carbocycles. The Balaban J connectivity index is 1.91. The lowest BCUT2D eigenvalue weighted by Gasteiger charge is -2.46. The Morgan fingerprint density at radius 3 is 1.67 bits per heavy atom. The summed E-state index contributed by atoms with van der Waals surface area (Å²) in [5.41, 5.74) is 4.63. The summed E-state index contributed by atoms with van der Waals surface area (Å²) >= 11 is 6.11. The van der Waals surface area contributed by atoms with Crippen LogP contribution in [0.25, 0.3) is 0 Å². The quantitative estimate of drug-likeness (QED) is 0.611. The molecule has 0 saturated carbocycles. The van der Waals surface area contributed by atoms with E-state index in [1.807, 2.05) is 24.3 Å². The summed E-state index contributed by atoms with van der Waals surface area (Å²) in [6, 6.07) is 7.72. The molecule has 0 unspecified atom stereocenters. The Morgan fingerprint density at radius 1 is 0.778 bits per heavy atom. The third-order valence-electron chi connectivity index (χ3n) is 5.92. The standard InChI is InChI=1S/C23H26ClNO2/c1-22(2)10-18-16(20(26)12-22)9-17-19(11-23(3,4)13-21(17)27)25(18)15-7-5-14(24)6-8-15/h5-8H,9-13H2,1-4H3. The number of benzene rings is 1. The van der Waals surface area contributed by atoms with Gasteiger partial charge in [-0.15, -0.1) is 0 Å². The fraction of sp³-hybridized carbons (Fsp3) is 0.478. The largest absolute Gasteiger partial charge is 0.317 e. The van der Waals surface area contributed by atoms with Crippen molar-refractivity contribution in [1.29, 1.82) is 0 Å². The van der Waals surface area contributed by atoms with Crippen LogP contribution in [-0.4, -0.2) is 11.6 Å². The molecule has 1 aliphatic heterocycles. The molecule has 3 aliphatic rings. The van der Waals surface area contributed by atoms with Crippen molar-refractivity contribution in [2.24, 2.45) is 10.8 Å². The molecule has 1 heterocycles. The zero-order valence-corrected chi connectivity index (χ0v) is 17.2. The maximum Gasteiger partial charge on any atom is 0.161 e. The van der Waals surface area contributed by atoms with Crippen molar-refractivity contribution in [3.63, 3.8) is 0 Å². The smallest absolute Gasteiger partial charge is 0.161 e. The van der Waals surface area contributed by atoms with Gasteiger partial charge in [-0.05, 0) is 47.9 Å². The minimum absolute atomic E-state index is 0.0765. The van der Waals surface area contributed by atoms with Crippen LogP contribution in [-0.2, 0) is 9.59 Å². The second-order valence-corrected chi connectivity index (χ2v) is 10.2. The molecular formula is C23H26ClNO2. The van der Waals surface area contributed by atoms with Gasteiger partial charge in [-0.1, -0.05) is 39.3 Å². The number of allylic oxidation sites excluding steroid dienone is 4. The minimum Gasteiger partial charge on any atom is -0.317 e. The highest BCUT2D eigenvalue weighted by molar-refractivity contribution is 6.30. The molecule has 3 nitrogen and oxygen atoms in total. The monoisotopic (exact) mass is 383 g/mol. The SMILES string of the molecule is CC1(C)CC(=O)C2=C(C1)N(c1ccc(Cl)cc1)C1=C(C2)C(=O)CC(C)(C)C1. The van der Waals surface area contributed by atoms with Crippen molar-refractivity contribution in [3.8, 4) is 0 Å². The summed E-state index contributed by atoms with van der Waals surface area (Å²) in [4.78, 5) is 28.1. The van der Waals surface area contributed by atoms with Crippen molar-refractivity contribution in [2.45, 2.75) is 59.8 Å². The van der Waals surface area contributed by atoms with E-state index >= 15 is 0 Å². The number of rotatable bonds is 1. The van der Waals surface area contributed by atoms with Crippen LogP contribution in [0.2, 0.25) is 5.02 Å². The second-order valence-electron chi connectivity index (χ2n) is 9.72. The summed E-state index contributed by atoms with van der Waals surface area (Å²) in [5, 5.41) is 0.680. The molecule has 142 valence electrons. The average Bonchev–Trinajstić information content (AvgIpc) is 2.53. The number of carbonyl (C=O) groups excluding carboxylic acids is 2. The van der Waals surface area contributed by atoms with Gasteiger partial charge >= 0.3 is 0 Å². The first kappa shape index (κ1) is 18.5. The third kappa shape index (κ3) is 3.27. The van der Waals surface area contributed by atoms with Gasteiger partial charge in [-0.3, -0.25) is 9.59 Å². The fourth-order valence-electron chi connectivity index (χ4n) is 4.72. The summed E-state index contributed by atoms with van der Waals surface area (Å²) in [5.74, 6) is 0.369. The predicted molar refractivity (Wildman–Crippen MR) is 109 cm³/mol. The van der Waals surface area contributed by atoms with Gasteiger partial charge in [0.1, 0.15) is 0 Å². The highest BCUT2D eigenvalue weighted by Gasteiger charge is 2.44. The molecule has 0 saturated heterocycles. The van der Waals surface area contributed by atoms with E-state index in [0.29, 0.717) is 24.3 Å². The maximum atomic E-state index is 12.9. The van der Waals surface area contributed by atoms with Crippen LogP contribution in [0, 0.1) is 10.8 Å². The molecule has 0 fully saturated rings. The van der Waals surface area contributed by atoms with E-state index in [4.69, 9.17) is 11.6 Å². The van der Waals surface area contributed by atoms with Crippen LogP contribution < -0.4 is 4.90 Å². The molecule has 0 aromatic heterocycles. The van der Waals surface area contributed by atoms with Crippen LogP contribution in [0.1, 0.15) is 59.8 Å². The number of nitrogens with zero attached hydrogens (tertiary/aromatic N) is 1. The molecule has 4 heteroatoms. The lowest BCUT2D eigenvalue weighted by atomic mass is 9.68. The van der Waals surface area contributed by atoms with E-state index in [2.05, 4.69) is 32.6 Å². The van der Waals surface area contributed by atoms with E-state index < -0.39 is 0 Å². The molecule has 0 spiro atoms. The number of carbonyl (C=O) groups is 2. The van der Waals surface area contributed by atoms with Gasteiger partial charge in [0.05, 0.1) is 0 Å². The Morgan fingerprint density at radius 2 is 1.22 bits per heavy atom. The van der Waals surface area contributed by atoms with Crippen LogP contribution in [0.3, 0.4) is 0 Å². The Labute approximate surface area is 166 Å². The molecule has 0 bridgehead atoms. The van der Waals surface area contributed by atoms with Crippen LogP contribution >= 0.6 is 11.6 Å². The fourth-order valence-corrected chi connectivity index (χ4v) is 4.85. The van der Waals surface area contributed by atoms with Crippen LogP contribution in [0.4, 0.5) is 5.69 Å². The minimum atomic E-state index is -0.0765. The normalized spacial score (nSPS) is 24.1. The first-order valence-electron chi connectivity index (χ1n) is 9.62. The zero-order chi connectivity index (χ0) is 19.6. The summed E-state index contributed by atoms with van der Waals surface area (Å²) in [7, 11) is 0. The molecule has 4 rings (SSSR count). The van der Waals surface area contributed by atoms with Crippen molar-refractivity contribution < 1.29 is 9.59 Å². The topological polar surface area (TPSA) is 37.4 Å².